The van der Waals surface area contributed by atoms with Crippen molar-refractivity contribution in [1.29, 1.82) is 0 Å². The van der Waals surface area contributed by atoms with Crippen molar-refractivity contribution in [3.8, 4) is 0 Å². The summed E-state index contributed by atoms with van der Waals surface area (Å²) in [5.74, 6) is -0.691. The Morgan fingerprint density at radius 3 is 1.46 bits per heavy atom. The molecule has 0 unspecified atom stereocenters. The quantitative estimate of drug-likeness (QED) is 0.313. The minimum absolute atomic E-state index is 0.295. The van der Waals surface area contributed by atoms with Gasteiger partial charge < -0.3 is 9.67 Å². The van der Waals surface area contributed by atoms with Crippen LogP contribution in [0, 0.1) is 0 Å². The van der Waals surface area contributed by atoms with E-state index in [2.05, 4.69) is 0 Å². The first-order valence-electron chi connectivity index (χ1n) is 10.5. The van der Waals surface area contributed by atoms with Gasteiger partial charge in [0.1, 0.15) is 7.14 Å². The second-order valence-electron chi connectivity index (χ2n) is 7.46. The Hall–Kier alpha value is -1.86. The van der Waals surface area contributed by atoms with E-state index in [1.807, 2.05) is 60.7 Å². The molecule has 0 atom stereocenters. The van der Waals surface area contributed by atoms with Crippen LogP contribution < -0.4 is 10.6 Å². The van der Waals surface area contributed by atoms with Crippen LogP contribution in [0.5, 0.6) is 0 Å². The highest BCUT2D eigenvalue weighted by Gasteiger charge is 2.26. The van der Waals surface area contributed by atoms with E-state index in [-0.39, 0.29) is 0 Å². The van der Waals surface area contributed by atoms with Crippen molar-refractivity contribution < 1.29 is 14.5 Å². The van der Waals surface area contributed by atoms with Gasteiger partial charge >= 0.3 is 5.97 Å². The van der Waals surface area contributed by atoms with Crippen LogP contribution in [-0.2, 0) is 9.36 Å². The summed E-state index contributed by atoms with van der Waals surface area (Å²) >= 11 is 0. The van der Waals surface area contributed by atoms with Crippen LogP contribution in [0.15, 0.2) is 60.7 Å². The van der Waals surface area contributed by atoms with E-state index in [4.69, 9.17) is 5.11 Å². The van der Waals surface area contributed by atoms with E-state index >= 15 is 0 Å². The van der Waals surface area contributed by atoms with Crippen LogP contribution in [0.2, 0.25) is 0 Å². The Labute approximate surface area is 169 Å². The lowest BCUT2D eigenvalue weighted by Gasteiger charge is -2.19. The average Bonchev–Trinajstić information content (AvgIpc) is 2.73. The Kier molecular flexibility index (Phi) is 10.1. The first-order valence-corrected chi connectivity index (χ1v) is 12.4. The highest BCUT2D eigenvalue weighted by molar-refractivity contribution is 7.78. The van der Waals surface area contributed by atoms with Crippen LogP contribution in [0.1, 0.15) is 64.2 Å². The largest absolute Gasteiger partial charge is 0.481 e. The summed E-state index contributed by atoms with van der Waals surface area (Å²) in [5, 5.41) is 10.5. The molecule has 2 rings (SSSR count). The third-order valence-electron chi connectivity index (χ3n) is 5.21. The van der Waals surface area contributed by atoms with Crippen molar-refractivity contribution in [3.05, 3.63) is 60.7 Å². The molecule has 0 fully saturated rings. The van der Waals surface area contributed by atoms with Crippen LogP contribution in [-0.4, -0.2) is 17.2 Å². The van der Waals surface area contributed by atoms with Gasteiger partial charge in [-0.05, 0) is 12.8 Å². The molecule has 0 bridgehead atoms. The fourth-order valence-corrected chi connectivity index (χ4v) is 6.38. The number of unbranched alkanes of at least 4 members (excludes halogenated alkanes) is 8. The lowest BCUT2D eigenvalue weighted by atomic mass is 10.1. The predicted molar refractivity (Wildman–Crippen MR) is 118 cm³/mol. The molecular formula is C24H33O3P. The summed E-state index contributed by atoms with van der Waals surface area (Å²) in [6, 6.07) is 19.8. The summed E-state index contributed by atoms with van der Waals surface area (Å²) in [7, 11) is -2.55. The Morgan fingerprint density at radius 2 is 1.04 bits per heavy atom. The number of benzene rings is 2. The lowest BCUT2D eigenvalue weighted by molar-refractivity contribution is -0.137. The summed E-state index contributed by atoms with van der Waals surface area (Å²) in [5.41, 5.74) is 0. The molecule has 2 aromatic rings. The topological polar surface area (TPSA) is 54.4 Å². The molecule has 0 spiro atoms. The van der Waals surface area contributed by atoms with Crippen LogP contribution >= 0.6 is 7.14 Å². The molecule has 152 valence electrons. The molecule has 0 aliphatic heterocycles. The highest BCUT2D eigenvalue weighted by atomic mass is 31.2. The van der Waals surface area contributed by atoms with Crippen molar-refractivity contribution in [3.63, 3.8) is 0 Å². The lowest BCUT2D eigenvalue weighted by Crippen LogP contribution is -2.18. The molecule has 4 heteroatoms. The van der Waals surface area contributed by atoms with Gasteiger partial charge in [-0.15, -0.1) is 0 Å². The maximum atomic E-state index is 13.9. The Bertz CT molecular complexity index is 685. The Morgan fingerprint density at radius 1 is 0.643 bits per heavy atom. The first kappa shape index (κ1) is 22.4. The SMILES string of the molecule is O=C(O)CCCCCCCCCCCP(=O)(c1ccccc1)c1ccccc1. The molecule has 28 heavy (non-hydrogen) atoms. The van der Waals surface area contributed by atoms with Crippen molar-refractivity contribution >= 4 is 23.7 Å². The van der Waals surface area contributed by atoms with Crippen molar-refractivity contribution in [1.82, 2.24) is 0 Å². The number of aliphatic carboxylic acids is 1. The number of carboxylic acids is 1. The zero-order valence-electron chi connectivity index (χ0n) is 16.8. The number of hydrogen-bond acceptors (Lipinski definition) is 2. The molecule has 0 aliphatic rings. The average molecular weight is 400 g/mol. The van der Waals surface area contributed by atoms with Gasteiger partial charge in [-0.3, -0.25) is 4.79 Å². The molecule has 2 aromatic carbocycles. The van der Waals surface area contributed by atoms with E-state index in [0.717, 1.165) is 48.9 Å². The molecule has 0 aliphatic carbocycles. The van der Waals surface area contributed by atoms with Gasteiger partial charge in [0.15, 0.2) is 0 Å². The normalized spacial score (nSPS) is 11.4. The molecule has 0 amide bonds. The van der Waals surface area contributed by atoms with Crippen LogP contribution in [0.25, 0.3) is 0 Å². The zero-order valence-corrected chi connectivity index (χ0v) is 17.7. The van der Waals surface area contributed by atoms with Crippen LogP contribution in [0.4, 0.5) is 0 Å². The van der Waals surface area contributed by atoms with Gasteiger partial charge in [-0.25, -0.2) is 0 Å². The molecule has 0 heterocycles. The van der Waals surface area contributed by atoms with E-state index in [1.54, 1.807) is 0 Å². The van der Waals surface area contributed by atoms with Gasteiger partial charge in [0, 0.05) is 23.2 Å². The molecule has 0 saturated heterocycles. The monoisotopic (exact) mass is 400 g/mol. The third kappa shape index (κ3) is 7.64. The van der Waals surface area contributed by atoms with Crippen molar-refractivity contribution in [2.45, 2.75) is 64.2 Å². The summed E-state index contributed by atoms with van der Waals surface area (Å²) < 4.78 is 13.9. The summed E-state index contributed by atoms with van der Waals surface area (Å²) in [4.78, 5) is 10.5. The van der Waals surface area contributed by atoms with Gasteiger partial charge in [-0.1, -0.05) is 106 Å². The van der Waals surface area contributed by atoms with Gasteiger partial charge in [-0.2, -0.15) is 0 Å². The van der Waals surface area contributed by atoms with Gasteiger partial charge in [0.25, 0.3) is 0 Å². The Balaban J connectivity index is 1.71. The van der Waals surface area contributed by atoms with Gasteiger partial charge in [0.05, 0.1) is 0 Å². The van der Waals surface area contributed by atoms with Crippen LogP contribution in [0.3, 0.4) is 0 Å². The molecular weight excluding hydrogens is 367 g/mol. The van der Waals surface area contributed by atoms with Crippen molar-refractivity contribution in [2.24, 2.45) is 0 Å². The second-order valence-corrected chi connectivity index (χ2v) is 10.4. The fraction of sp³-hybridized carbons (Fsp3) is 0.458. The third-order valence-corrected chi connectivity index (χ3v) is 8.42. The van der Waals surface area contributed by atoms with Gasteiger partial charge in [0.2, 0.25) is 0 Å². The minimum Gasteiger partial charge on any atom is -0.481 e. The zero-order chi connectivity index (χ0) is 20.1. The maximum Gasteiger partial charge on any atom is 0.303 e. The fourth-order valence-electron chi connectivity index (χ4n) is 3.59. The van der Waals surface area contributed by atoms with E-state index < -0.39 is 13.1 Å². The van der Waals surface area contributed by atoms with E-state index in [9.17, 15) is 9.36 Å². The predicted octanol–water partition coefficient (Wildman–Crippen LogP) is 5.99. The van der Waals surface area contributed by atoms with E-state index in [1.165, 1.54) is 25.7 Å². The molecule has 3 nitrogen and oxygen atoms in total. The molecule has 0 radical (unpaired) electrons. The second kappa shape index (κ2) is 12.6. The first-order chi connectivity index (χ1) is 13.6. The number of hydrogen-bond donors (Lipinski definition) is 1. The smallest absolute Gasteiger partial charge is 0.303 e. The summed E-state index contributed by atoms with van der Waals surface area (Å²) in [6.45, 7) is 0. The summed E-state index contributed by atoms with van der Waals surface area (Å²) in [6.07, 6.45) is 10.9. The highest BCUT2D eigenvalue weighted by Crippen LogP contribution is 2.44. The number of carbonyl (C=O) groups is 1. The molecule has 0 aromatic heterocycles. The number of rotatable bonds is 14. The number of carboxylic acid groups (broad SMARTS) is 1. The molecule has 1 N–H and O–H groups in total. The maximum absolute atomic E-state index is 13.9. The minimum atomic E-state index is -2.55. The van der Waals surface area contributed by atoms with Crippen molar-refractivity contribution in [2.75, 3.05) is 6.16 Å². The molecule has 0 saturated carbocycles. The standard InChI is InChI=1S/C24H33O3P/c25-24(26)20-14-6-4-2-1-3-5-7-15-21-28(27,22-16-10-8-11-17-22)23-18-12-9-13-19-23/h8-13,16-19H,1-7,14-15,20-21H2,(H,25,26). The van der Waals surface area contributed by atoms with E-state index in [0.29, 0.717) is 6.42 Å².